The fourth-order valence-corrected chi connectivity index (χ4v) is 2.49. The van der Waals surface area contributed by atoms with Crippen LogP contribution in [0.4, 0.5) is 0 Å². The van der Waals surface area contributed by atoms with Crippen molar-refractivity contribution in [3.05, 3.63) is 12.2 Å². The van der Waals surface area contributed by atoms with Crippen molar-refractivity contribution in [3.63, 3.8) is 0 Å². The molecule has 2 nitrogen and oxygen atoms in total. The highest BCUT2D eigenvalue weighted by Gasteiger charge is 2.37. The average molecular weight is 232 g/mol. The molecule has 1 saturated heterocycles. The van der Waals surface area contributed by atoms with Gasteiger partial charge in [0, 0.05) is 25.5 Å². The van der Waals surface area contributed by atoms with Gasteiger partial charge in [0.2, 0.25) is 0 Å². The van der Waals surface area contributed by atoms with Gasteiger partial charge in [0.05, 0.1) is 11.2 Å². The van der Waals surface area contributed by atoms with E-state index in [9.17, 15) is 0 Å². The van der Waals surface area contributed by atoms with Gasteiger partial charge < -0.3 is 4.74 Å². The molecule has 0 aromatic carbocycles. The highest BCUT2D eigenvalue weighted by Crippen LogP contribution is 2.27. The molecular weight excluding hydrogens is 210 g/mol. The van der Waals surface area contributed by atoms with Crippen molar-refractivity contribution in [1.82, 2.24) is 4.90 Å². The van der Waals surface area contributed by atoms with E-state index in [-0.39, 0.29) is 11.2 Å². The van der Waals surface area contributed by atoms with E-state index in [1.54, 1.807) is 0 Å². The summed E-state index contributed by atoms with van der Waals surface area (Å²) in [6.45, 7) is 11.5. The first-order valence-corrected chi connectivity index (χ1v) is 6.02. The number of hydrogen-bond acceptors (Lipinski definition) is 2. The second-order valence-electron chi connectivity index (χ2n) is 5.42. The Kier molecular flexibility index (Phi) is 4.21. The predicted molar refractivity (Wildman–Crippen MR) is 65.5 cm³/mol. The lowest BCUT2D eigenvalue weighted by atomic mass is 9.99. The molecule has 1 aliphatic heterocycles. The van der Waals surface area contributed by atoms with Gasteiger partial charge in [0.15, 0.2) is 0 Å². The number of morpholine rings is 1. The second kappa shape index (κ2) is 4.86. The van der Waals surface area contributed by atoms with Crippen molar-refractivity contribution in [2.24, 2.45) is 0 Å². The van der Waals surface area contributed by atoms with Crippen molar-refractivity contribution in [2.75, 3.05) is 25.5 Å². The summed E-state index contributed by atoms with van der Waals surface area (Å²) in [5, 5.41) is 0. The van der Waals surface area contributed by atoms with Crippen LogP contribution < -0.4 is 0 Å². The molecule has 0 N–H and O–H groups in total. The van der Waals surface area contributed by atoms with Crippen LogP contribution in [0, 0.1) is 0 Å². The standard InChI is InChI=1S/C12H22ClNO/c1-11(2)9-14(8-6-5-7-13)10-12(3,4)15-11/h5-6H,7-10H2,1-4H3/b6-5+. The third kappa shape index (κ3) is 4.54. The molecule has 0 unspecified atom stereocenters. The molecule has 0 aliphatic carbocycles. The van der Waals surface area contributed by atoms with E-state index in [2.05, 4.69) is 38.7 Å². The summed E-state index contributed by atoms with van der Waals surface area (Å²) in [6, 6.07) is 0. The van der Waals surface area contributed by atoms with Crippen LogP contribution in [0.5, 0.6) is 0 Å². The molecule has 0 amide bonds. The first kappa shape index (κ1) is 13.0. The molecule has 0 radical (unpaired) electrons. The highest BCUT2D eigenvalue weighted by atomic mass is 35.5. The lowest BCUT2D eigenvalue weighted by molar-refractivity contribution is -0.178. The molecule has 1 heterocycles. The third-order valence-corrected chi connectivity index (χ3v) is 2.56. The van der Waals surface area contributed by atoms with Gasteiger partial charge in [0.25, 0.3) is 0 Å². The topological polar surface area (TPSA) is 12.5 Å². The van der Waals surface area contributed by atoms with E-state index in [4.69, 9.17) is 16.3 Å². The Balaban J connectivity index is 2.55. The monoisotopic (exact) mass is 231 g/mol. The molecular formula is C12H22ClNO. The summed E-state index contributed by atoms with van der Waals surface area (Å²) >= 11 is 5.60. The van der Waals surface area contributed by atoms with Crippen LogP contribution in [0.2, 0.25) is 0 Å². The maximum absolute atomic E-state index is 6.01. The van der Waals surface area contributed by atoms with E-state index in [0.717, 1.165) is 19.6 Å². The molecule has 0 bridgehead atoms. The lowest BCUT2D eigenvalue weighted by Crippen LogP contribution is -2.57. The van der Waals surface area contributed by atoms with Crippen molar-refractivity contribution >= 4 is 11.6 Å². The first-order chi connectivity index (χ1) is 6.85. The van der Waals surface area contributed by atoms with Crippen LogP contribution in [-0.2, 0) is 4.74 Å². The summed E-state index contributed by atoms with van der Waals surface area (Å²) in [4.78, 5) is 2.41. The first-order valence-electron chi connectivity index (χ1n) is 5.48. The molecule has 0 spiro atoms. The Labute approximate surface area is 98.2 Å². The van der Waals surface area contributed by atoms with Crippen molar-refractivity contribution in [2.45, 2.75) is 38.9 Å². The summed E-state index contributed by atoms with van der Waals surface area (Å²) < 4.78 is 6.01. The summed E-state index contributed by atoms with van der Waals surface area (Å²) in [7, 11) is 0. The fourth-order valence-electron chi connectivity index (χ4n) is 2.36. The van der Waals surface area contributed by atoms with Crippen LogP contribution in [0.25, 0.3) is 0 Å². The number of halogens is 1. The zero-order chi connectivity index (χ0) is 11.5. The highest BCUT2D eigenvalue weighted by molar-refractivity contribution is 6.18. The SMILES string of the molecule is CC1(C)CN(C/C=C/CCl)CC(C)(C)O1. The Bertz CT molecular complexity index is 220. The van der Waals surface area contributed by atoms with Gasteiger partial charge in [-0.25, -0.2) is 0 Å². The van der Waals surface area contributed by atoms with Crippen molar-refractivity contribution < 1.29 is 4.74 Å². The van der Waals surface area contributed by atoms with Gasteiger partial charge in [0.1, 0.15) is 0 Å². The van der Waals surface area contributed by atoms with Crippen molar-refractivity contribution in [3.8, 4) is 0 Å². The van der Waals surface area contributed by atoms with Crippen LogP contribution in [-0.4, -0.2) is 41.6 Å². The van der Waals surface area contributed by atoms with Crippen LogP contribution >= 0.6 is 11.6 Å². The maximum Gasteiger partial charge on any atom is 0.0760 e. The molecule has 1 fully saturated rings. The van der Waals surface area contributed by atoms with E-state index in [1.807, 2.05) is 6.08 Å². The molecule has 0 saturated carbocycles. The summed E-state index contributed by atoms with van der Waals surface area (Å²) in [5.74, 6) is 0.594. The zero-order valence-electron chi connectivity index (χ0n) is 10.2. The number of hydrogen-bond donors (Lipinski definition) is 0. The van der Waals surface area contributed by atoms with Gasteiger partial charge in [-0.15, -0.1) is 11.6 Å². The normalized spacial score (nSPS) is 25.9. The van der Waals surface area contributed by atoms with Crippen molar-refractivity contribution in [1.29, 1.82) is 0 Å². The lowest BCUT2D eigenvalue weighted by Gasteiger charge is -2.47. The smallest absolute Gasteiger partial charge is 0.0760 e. The Morgan fingerprint density at radius 1 is 1.13 bits per heavy atom. The van der Waals surface area contributed by atoms with Gasteiger partial charge in [-0.2, -0.15) is 0 Å². The minimum atomic E-state index is -0.0590. The zero-order valence-corrected chi connectivity index (χ0v) is 11.0. The number of rotatable bonds is 3. The van der Waals surface area contributed by atoms with Crippen LogP contribution in [0.3, 0.4) is 0 Å². The number of allylic oxidation sites excluding steroid dienone is 1. The molecule has 1 aliphatic rings. The molecule has 15 heavy (non-hydrogen) atoms. The summed E-state index contributed by atoms with van der Waals surface area (Å²) in [5.41, 5.74) is -0.118. The van der Waals surface area contributed by atoms with E-state index < -0.39 is 0 Å². The van der Waals surface area contributed by atoms with E-state index in [0.29, 0.717) is 5.88 Å². The molecule has 1 rings (SSSR count). The Morgan fingerprint density at radius 3 is 2.13 bits per heavy atom. The fraction of sp³-hybridized carbons (Fsp3) is 0.833. The van der Waals surface area contributed by atoms with Gasteiger partial charge in [-0.1, -0.05) is 12.2 Å². The number of ether oxygens (including phenoxy) is 1. The van der Waals surface area contributed by atoms with Crippen LogP contribution in [0.15, 0.2) is 12.2 Å². The Morgan fingerprint density at radius 2 is 1.67 bits per heavy atom. The van der Waals surface area contributed by atoms with E-state index >= 15 is 0 Å². The minimum absolute atomic E-state index is 0.0590. The maximum atomic E-state index is 6.01. The number of nitrogens with zero attached hydrogens (tertiary/aromatic N) is 1. The minimum Gasteiger partial charge on any atom is -0.367 e. The predicted octanol–water partition coefficient (Wildman–Crippen LogP) is 2.67. The Hall–Kier alpha value is -0.0500. The van der Waals surface area contributed by atoms with Gasteiger partial charge in [-0.05, 0) is 27.7 Å². The third-order valence-electron chi connectivity index (χ3n) is 2.38. The molecule has 0 aromatic rings. The number of alkyl halides is 1. The molecule has 88 valence electrons. The van der Waals surface area contributed by atoms with E-state index in [1.165, 1.54) is 0 Å². The van der Waals surface area contributed by atoms with Gasteiger partial charge >= 0.3 is 0 Å². The second-order valence-corrected chi connectivity index (χ2v) is 5.73. The van der Waals surface area contributed by atoms with Gasteiger partial charge in [-0.3, -0.25) is 4.90 Å². The summed E-state index contributed by atoms with van der Waals surface area (Å²) in [6.07, 6.45) is 4.13. The molecule has 0 aromatic heterocycles. The van der Waals surface area contributed by atoms with Crippen LogP contribution in [0.1, 0.15) is 27.7 Å². The largest absolute Gasteiger partial charge is 0.367 e. The average Bonchev–Trinajstić information content (AvgIpc) is 1.98. The molecule has 3 heteroatoms. The quantitative estimate of drug-likeness (QED) is 0.547. The molecule has 0 atom stereocenters.